The molecule has 110 valence electrons. The Balaban J connectivity index is 2.05. The lowest BCUT2D eigenvalue weighted by molar-refractivity contribution is 0.0868. The molecule has 0 saturated carbocycles. The lowest BCUT2D eigenvalue weighted by Gasteiger charge is -2.46. The minimum atomic E-state index is -0.101. The summed E-state index contributed by atoms with van der Waals surface area (Å²) in [6, 6.07) is 3.73. The van der Waals surface area contributed by atoms with Crippen molar-refractivity contribution in [3.05, 3.63) is 28.5 Å². The smallest absolute Gasteiger partial charge is 0.270 e. The van der Waals surface area contributed by atoms with E-state index in [9.17, 15) is 4.79 Å². The van der Waals surface area contributed by atoms with Gasteiger partial charge in [0.2, 0.25) is 0 Å². The van der Waals surface area contributed by atoms with Gasteiger partial charge in [-0.15, -0.1) is 0 Å². The summed E-state index contributed by atoms with van der Waals surface area (Å²) in [5.74, 6) is -0.101. The normalized spacial score (nSPS) is 21.4. The van der Waals surface area contributed by atoms with Crippen LogP contribution in [0.5, 0.6) is 0 Å². The maximum atomic E-state index is 12.2. The summed E-state index contributed by atoms with van der Waals surface area (Å²) in [4.78, 5) is 16.4. The van der Waals surface area contributed by atoms with E-state index in [-0.39, 0.29) is 23.0 Å². The number of nitrogens with zero attached hydrogens (tertiary/aromatic N) is 1. The van der Waals surface area contributed by atoms with Crippen LogP contribution in [0.15, 0.2) is 22.8 Å². The Bertz CT molecular complexity index is 480. The zero-order valence-corrected chi connectivity index (χ0v) is 14.0. The van der Waals surface area contributed by atoms with Crippen molar-refractivity contribution >= 4 is 21.8 Å². The fourth-order valence-corrected chi connectivity index (χ4v) is 3.43. The number of carbonyl (C=O) groups is 1. The third kappa shape index (κ3) is 4.03. The molecule has 1 fully saturated rings. The third-order valence-electron chi connectivity index (χ3n) is 3.49. The molecule has 0 radical (unpaired) electrons. The van der Waals surface area contributed by atoms with E-state index >= 15 is 0 Å². The Kier molecular flexibility index (Phi) is 4.21. The number of hydrogen-bond donors (Lipinski definition) is 2. The summed E-state index contributed by atoms with van der Waals surface area (Å²) >= 11 is 3.32. The maximum absolute atomic E-state index is 12.2. The third-order valence-corrected chi connectivity index (χ3v) is 3.95. The highest BCUT2D eigenvalue weighted by Crippen LogP contribution is 2.28. The SMILES string of the molecule is CC1(C)CC(NC(=O)c2ccc(Br)cn2)CC(C)(C)N1. The number of halogens is 1. The first-order valence-corrected chi connectivity index (χ1v) is 7.68. The van der Waals surface area contributed by atoms with Crippen molar-refractivity contribution in [2.45, 2.75) is 57.7 Å². The van der Waals surface area contributed by atoms with Gasteiger partial charge in [-0.1, -0.05) is 0 Å². The fraction of sp³-hybridized carbons (Fsp3) is 0.600. The molecule has 2 heterocycles. The van der Waals surface area contributed by atoms with Crippen LogP contribution in [-0.4, -0.2) is 28.0 Å². The van der Waals surface area contributed by atoms with Gasteiger partial charge < -0.3 is 10.6 Å². The second-order valence-electron chi connectivity index (χ2n) is 6.83. The first-order chi connectivity index (χ1) is 9.17. The van der Waals surface area contributed by atoms with E-state index in [0.29, 0.717) is 5.69 Å². The van der Waals surface area contributed by atoms with Gasteiger partial charge in [0.05, 0.1) is 0 Å². The molecule has 1 aromatic heterocycles. The van der Waals surface area contributed by atoms with Gasteiger partial charge in [-0.25, -0.2) is 4.98 Å². The van der Waals surface area contributed by atoms with Crippen molar-refractivity contribution in [1.29, 1.82) is 0 Å². The molecule has 1 aliphatic rings. The molecule has 4 nitrogen and oxygen atoms in total. The lowest BCUT2D eigenvalue weighted by atomic mass is 9.79. The van der Waals surface area contributed by atoms with Gasteiger partial charge in [0, 0.05) is 27.8 Å². The number of rotatable bonds is 2. The monoisotopic (exact) mass is 339 g/mol. The van der Waals surface area contributed by atoms with Crippen molar-refractivity contribution in [1.82, 2.24) is 15.6 Å². The summed E-state index contributed by atoms with van der Waals surface area (Å²) in [6.45, 7) is 8.69. The van der Waals surface area contributed by atoms with E-state index in [1.54, 1.807) is 12.3 Å². The molecule has 1 aromatic rings. The second kappa shape index (κ2) is 5.45. The first-order valence-electron chi connectivity index (χ1n) is 6.89. The standard InChI is InChI=1S/C15H22BrN3O/c1-14(2)7-11(8-15(3,4)19-14)18-13(20)12-6-5-10(16)9-17-12/h5-6,9,11,19H,7-8H2,1-4H3,(H,18,20). The van der Waals surface area contributed by atoms with Crippen LogP contribution in [-0.2, 0) is 0 Å². The zero-order chi connectivity index (χ0) is 15.0. The Labute approximate surface area is 128 Å². The number of hydrogen-bond acceptors (Lipinski definition) is 3. The van der Waals surface area contributed by atoms with Gasteiger partial charge in [0.25, 0.3) is 5.91 Å². The second-order valence-corrected chi connectivity index (χ2v) is 7.75. The number of aromatic nitrogens is 1. The quantitative estimate of drug-likeness (QED) is 0.870. The predicted octanol–water partition coefficient (Wildman–Crippen LogP) is 2.88. The Hall–Kier alpha value is -0.940. The van der Waals surface area contributed by atoms with Crippen molar-refractivity contribution in [3.63, 3.8) is 0 Å². The lowest BCUT2D eigenvalue weighted by Crippen LogP contribution is -2.62. The molecule has 2 rings (SSSR count). The minimum Gasteiger partial charge on any atom is -0.348 e. The largest absolute Gasteiger partial charge is 0.348 e. The number of nitrogens with one attached hydrogen (secondary N) is 2. The molecular weight excluding hydrogens is 318 g/mol. The topological polar surface area (TPSA) is 54.0 Å². The Morgan fingerprint density at radius 1 is 1.30 bits per heavy atom. The predicted molar refractivity (Wildman–Crippen MR) is 83.7 cm³/mol. The molecule has 0 atom stereocenters. The van der Waals surface area contributed by atoms with E-state index in [0.717, 1.165) is 17.3 Å². The summed E-state index contributed by atoms with van der Waals surface area (Å²) < 4.78 is 0.873. The van der Waals surface area contributed by atoms with Gasteiger partial charge >= 0.3 is 0 Å². The summed E-state index contributed by atoms with van der Waals surface area (Å²) in [7, 11) is 0. The van der Waals surface area contributed by atoms with Gasteiger partial charge in [0.15, 0.2) is 0 Å². The van der Waals surface area contributed by atoms with Crippen LogP contribution in [0.4, 0.5) is 0 Å². The van der Waals surface area contributed by atoms with E-state index in [2.05, 4.69) is 59.2 Å². The zero-order valence-electron chi connectivity index (χ0n) is 12.5. The molecule has 1 amide bonds. The molecule has 0 aromatic carbocycles. The number of carbonyl (C=O) groups excluding carboxylic acids is 1. The van der Waals surface area contributed by atoms with Gasteiger partial charge in [0.1, 0.15) is 5.69 Å². The van der Waals surface area contributed by atoms with Crippen LogP contribution in [0.1, 0.15) is 51.0 Å². The summed E-state index contributed by atoms with van der Waals surface area (Å²) in [5.41, 5.74) is 0.502. The number of piperidine rings is 1. The van der Waals surface area contributed by atoms with Gasteiger partial charge in [-0.2, -0.15) is 0 Å². The average molecular weight is 340 g/mol. The molecular formula is C15H22BrN3O. The van der Waals surface area contributed by atoms with Gasteiger partial charge in [-0.3, -0.25) is 4.79 Å². The van der Waals surface area contributed by atoms with Crippen LogP contribution in [0, 0.1) is 0 Å². The van der Waals surface area contributed by atoms with Crippen molar-refractivity contribution in [2.24, 2.45) is 0 Å². The highest BCUT2D eigenvalue weighted by molar-refractivity contribution is 9.10. The highest BCUT2D eigenvalue weighted by atomic mass is 79.9. The Morgan fingerprint density at radius 2 is 1.90 bits per heavy atom. The van der Waals surface area contributed by atoms with Crippen LogP contribution in [0.3, 0.4) is 0 Å². The molecule has 0 unspecified atom stereocenters. The summed E-state index contributed by atoms with van der Waals surface area (Å²) in [5, 5.41) is 6.72. The van der Waals surface area contributed by atoms with Crippen LogP contribution in [0.25, 0.3) is 0 Å². The highest BCUT2D eigenvalue weighted by Gasteiger charge is 2.38. The van der Waals surface area contributed by atoms with Crippen molar-refractivity contribution < 1.29 is 4.79 Å². The number of amides is 1. The first kappa shape index (κ1) is 15.4. The average Bonchev–Trinajstić information content (AvgIpc) is 2.25. The molecule has 0 spiro atoms. The molecule has 5 heteroatoms. The van der Waals surface area contributed by atoms with Crippen molar-refractivity contribution in [3.8, 4) is 0 Å². The Morgan fingerprint density at radius 3 is 2.40 bits per heavy atom. The fourth-order valence-electron chi connectivity index (χ4n) is 3.19. The molecule has 1 aliphatic heterocycles. The molecule has 0 bridgehead atoms. The van der Waals surface area contributed by atoms with E-state index in [1.807, 2.05) is 6.07 Å². The summed E-state index contributed by atoms with van der Waals surface area (Å²) in [6.07, 6.45) is 3.47. The van der Waals surface area contributed by atoms with E-state index in [4.69, 9.17) is 0 Å². The molecule has 2 N–H and O–H groups in total. The maximum Gasteiger partial charge on any atom is 0.270 e. The number of pyridine rings is 1. The van der Waals surface area contributed by atoms with E-state index < -0.39 is 0 Å². The molecule has 0 aliphatic carbocycles. The molecule has 20 heavy (non-hydrogen) atoms. The van der Waals surface area contributed by atoms with E-state index in [1.165, 1.54) is 0 Å². The van der Waals surface area contributed by atoms with Crippen LogP contribution in [0.2, 0.25) is 0 Å². The molecule has 1 saturated heterocycles. The minimum absolute atomic E-state index is 0.0207. The van der Waals surface area contributed by atoms with Crippen LogP contribution < -0.4 is 10.6 Å². The van der Waals surface area contributed by atoms with Gasteiger partial charge in [-0.05, 0) is 68.6 Å². The van der Waals surface area contributed by atoms with Crippen LogP contribution >= 0.6 is 15.9 Å². The van der Waals surface area contributed by atoms with Crippen molar-refractivity contribution in [2.75, 3.05) is 0 Å².